The molecule has 0 aliphatic carbocycles. The Balaban J connectivity index is 3.24. The summed E-state index contributed by atoms with van der Waals surface area (Å²) < 4.78 is 13.7. The summed E-state index contributed by atoms with van der Waals surface area (Å²) in [5, 5.41) is 0. The van der Waals surface area contributed by atoms with E-state index in [1.807, 2.05) is 31.2 Å². The van der Waals surface area contributed by atoms with Crippen LogP contribution >= 0.6 is 0 Å². The van der Waals surface area contributed by atoms with E-state index in [0.717, 1.165) is 10.5 Å². The Morgan fingerprint density at radius 2 is 2.00 bits per heavy atom. The van der Waals surface area contributed by atoms with E-state index in [9.17, 15) is 4.21 Å². The third-order valence-electron chi connectivity index (χ3n) is 1.95. The lowest BCUT2D eigenvalue weighted by molar-refractivity contribution is 0.599. The van der Waals surface area contributed by atoms with Gasteiger partial charge in [-0.15, -0.1) is 0 Å². The molecule has 0 amide bonds. The first-order chi connectivity index (χ1) is 5.94. The number of nitrogens with zero attached hydrogens (tertiary/aromatic N) is 1. The van der Waals surface area contributed by atoms with Crippen LogP contribution in [0.25, 0.3) is 0 Å². The average Bonchev–Trinajstić information content (AvgIpc) is 2.04. The van der Waals surface area contributed by atoms with Gasteiger partial charge in [0.2, 0.25) is 0 Å². The molecule has 1 aromatic rings. The molecule has 0 heterocycles. The molecule has 2 nitrogen and oxygen atoms in total. The highest BCUT2D eigenvalue weighted by atomic mass is 32.2. The largest absolute Gasteiger partial charge is 0.248 e. The van der Waals surface area contributed by atoms with Crippen LogP contribution in [0.1, 0.15) is 5.56 Å². The maximum Gasteiger partial charge on any atom is 0.0553 e. The molecule has 13 heavy (non-hydrogen) atoms. The van der Waals surface area contributed by atoms with Crippen LogP contribution in [-0.4, -0.2) is 28.5 Å². The Labute approximate surface area is 80.3 Å². The molecule has 0 N–H and O–H groups in total. The van der Waals surface area contributed by atoms with E-state index in [0.29, 0.717) is 0 Å². The van der Waals surface area contributed by atoms with Crippen LogP contribution in [-0.2, 0) is 9.71 Å². The molecule has 0 aliphatic rings. The van der Waals surface area contributed by atoms with E-state index < -0.39 is 9.71 Å². The van der Waals surface area contributed by atoms with Crippen LogP contribution in [0, 0.1) is 6.92 Å². The van der Waals surface area contributed by atoms with Crippen molar-refractivity contribution in [3.05, 3.63) is 29.8 Å². The standard InChI is InChI=1S/C10H15NOS/c1-9-6-5-7-10(8-9)13(4,12)11(2)3/h5-8H,4H2,1-3H3. The van der Waals surface area contributed by atoms with Gasteiger partial charge in [-0.3, -0.25) is 0 Å². The molecule has 1 atom stereocenters. The summed E-state index contributed by atoms with van der Waals surface area (Å²) >= 11 is 0. The zero-order valence-corrected chi connectivity index (χ0v) is 9.10. The zero-order chi connectivity index (χ0) is 10.1. The van der Waals surface area contributed by atoms with E-state index in [4.69, 9.17) is 0 Å². The fraction of sp³-hybridized carbons (Fsp3) is 0.300. The minimum atomic E-state index is -2.27. The van der Waals surface area contributed by atoms with Gasteiger partial charge in [0.25, 0.3) is 0 Å². The first kappa shape index (κ1) is 10.3. The van der Waals surface area contributed by atoms with Crippen molar-refractivity contribution >= 4 is 15.6 Å². The molecule has 0 fully saturated rings. The number of rotatable bonds is 2. The lowest BCUT2D eigenvalue weighted by atomic mass is 10.2. The Kier molecular flexibility index (Phi) is 2.78. The molecule has 0 saturated heterocycles. The second-order valence-electron chi connectivity index (χ2n) is 3.27. The topological polar surface area (TPSA) is 20.3 Å². The van der Waals surface area contributed by atoms with Crippen LogP contribution < -0.4 is 0 Å². The first-order valence-corrected chi connectivity index (χ1v) is 5.74. The summed E-state index contributed by atoms with van der Waals surface area (Å²) in [5.41, 5.74) is 1.11. The summed E-state index contributed by atoms with van der Waals surface area (Å²) in [6, 6.07) is 7.64. The highest BCUT2D eigenvalue weighted by Crippen LogP contribution is 2.13. The highest BCUT2D eigenvalue weighted by molar-refractivity contribution is 7.98. The lowest BCUT2D eigenvalue weighted by Gasteiger charge is -2.16. The Morgan fingerprint density at radius 1 is 1.38 bits per heavy atom. The normalized spacial score (nSPS) is 15.7. The zero-order valence-electron chi connectivity index (χ0n) is 8.28. The van der Waals surface area contributed by atoms with Gasteiger partial charge in [0.15, 0.2) is 0 Å². The van der Waals surface area contributed by atoms with Crippen molar-refractivity contribution in [2.24, 2.45) is 0 Å². The van der Waals surface area contributed by atoms with Gasteiger partial charge in [0.05, 0.1) is 9.71 Å². The molecule has 1 aromatic carbocycles. The van der Waals surface area contributed by atoms with Crippen molar-refractivity contribution < 1.29 is 4.21 Å². The summed E-state index contributed by atoms with van der Waals surface area (Å²) in [5.74, 6) is 3.73. The van der Waals surface area contributed by atoms with Crippen molar-refractivity contribution in [2.45, 2.75) is 11.8 Å². The molecule has 0 saturated carbocycles. The molecule has 1 rings (SSSR count). The van der Waals surface area contributed by atoms with Gasteiger partial charge in [-0.2, -0.15) is 0 Å². The predicted octanol–water partition coefficient (Wildman–Crippen LogP) is 1.55. The van der Waals surface area contributed by atoms with E-state index in [2.05, 4.69) is 5.87 Å². The fourth-order valence-corrected chi connectivity index (χ4v) is 2.11. The molecule has 1 unspecified atom stereocenters. The van der Waals surface area contributed by atoms with Crippen molar-refractivity contribution in [1.82, 2.24) is 4.31 Å². The van der Waals surface area contributed by atoms with Crippen LogP contribution in [0.2, 0.25) is 0 Å². The quantitative estimate of drug-likeness (QED) is 0.659. The second kappa shape index (κ2) is 3.52. The van der Waals surface area contributed by atoms with Crippen molar-refractivity contribution in [3.8, 4) is 0 Å². The first-order valence-electron chi connectivity index (χ1n) is 4.06. The molecule has 0 aromatic heterocycles. The smallest absolute Gasteiger partial charge is 0.0553 e. The number of hydrogen-bond acceptors (Lipinski definition) is 1. The highest BCUT2D eigenvalue weighted by Gasteiger charge is 2.09. The minimum Gasteiger partial charge on any atom is -0.248 e. The molecule has 72 valence electrons. The Bertz CT molecular complexity index is 393. The third kappa shape index (κ3) is 2.11. The van der Waals surface area contributed by atoms with Gasteiger partial charge < -0.3 is 0 Å². The Morgan fingerprint density at radius 3 is 2.46 bits per heavy atom. The maximum absolute atomic E-state index is 12.1. The molecular weight excluding hydrogens is 182 g/mol. The molecule has 0 bridgehead atoms. The average molecular weight is 197 g/mol. The van der Waals surface area contributed by atoms with Crippen molar-refractivity contribution in [3.63, 3.8) is 0 Å². The minimum absolute atomic E-state index is 0.789. The van der Waals surface area contributed by atoms with Gasteiger partial charge in [0.1, 0.15) is 0 Å². The maximum atomic E-state index is 12.1. The summed E-state index contributed by atoms with van der Waals surface area (Å²) in [6.07, 6.45) is 0. The summed E-state index contributed by atoms with van der Waals surface area (Å²) in [4.78, 5) is 0.789. The van der Waals surface area contributed by atoms with Crippen LogP contribution in [0.15, 0.2) is 29.2 Å². The molecule has 0 aliphatic heterocycles. The van der Waals surface area contributed by atoms with E-state index >= 15 is 0 Å². The fourth-order valence-electron chi connectivity index (χ4n) is 1.02. The summed E-state index contributed by atoms with van der Waals surface area (Å²) in [6.45, 7) is 1.98. The number of benzene rings is 1. The van der Waals surface area contributed by atoms with Crippen molar-refractivity contribution in [2.75, 3.05) is 14.1 Å². The van der Waals surface area contributed by atoms with E-state index in [-0.39, 0.29) is 0 Å². The SMILES string of the molecule is C=S(=O)(c1cccc(C)c1)N(C)C. The molecule has 0 radical (unpaired) electrons. The predicted molar refractivity (Wildman–Crippen MR) is 58.4 cm³/mol. The molecular formula is C10H15NOS. The number of hydrogen-bond donors (Lipinski definition) is 0. The molecule has 3 heteroatoms. The number of aryl methyl sites for hydroxylation is 1. The van der Waals surface area contributed by atoms with Crippen LogP contribution in [0.4, 0.5) is 0 Å². The van der Waals surface area contributed by atoms with E-state index in [1.165, 1.54) is 0 Å². The Hall–Kier alpha value is -0.800. The van der Waals surface area contributed by atoms with Crippen LogP contribution in [0.5, 0.6) is 0 Å². The third-order valence-corrected chi connectivity index (χ3v) is 4.12. The monoisotopic (exact) mass is 197 g/mol. The van der Waals surface area contributed by atoms with Gasteiger partial charge in [0, 0.05) is 4.90 Å². The lowest BCUT2D eigenvalue weighted by Crippen LogP contribution is -2.21. The van der Waals surface area contributed by atoms with Gasteiger partial charge >= 0.3 is 0 Å². The molecule has 0 spiro atoms. The van der Waals surface area contributed by atoms with E-state index in [1.54, 1.807) is 18.4 Å². The van der Waals surface area contributed by atoms with Crippen LogP contribution in [0.3, 0.4) is 0 Å². The summed E-state index contributed by atoms with van der Waals surface area (Å²) in [7, 11) is 1.28. The second-order valence-corrected chi connectivity index (χ2v) is 5.75. The van der Waals surface area contributed by atoms with Gasteiger partial charge in [-0.1, -0.05) is 12.1 Å². The van der Waals surface area contributed by atoms with Crippen molar-refractivity contribution in [1.29, 1.82) is 0 Å². The van der Waals surface area contributed by atoms with Gasteiger partial charge in [-0.25, -0.2) is 8.51 Å². The van der Waals surface area contributed by atoms with Gasteiger partial charge in [-0.05, 0) is 44.6 Å².